The van der Waals surface area contributed by atoms with Gasteiger partial charge in [-0.2, -0.15) is 5.10 Å². The van der Waals surface area contributed by atoms with Crippen molar-refractivity contribution >= 4 is 0 Å². The second-order valence-corrected chi connectivity index (χ2v) is 4.43. The van der Waals surface area contributed by atoms with Crippen LogP contribution in [0, 0.1) is 6.92 Å². The number of nitrogens with one attached hydrogen (secondary N) is 1. The number of halogens is 1. The number of aromatic nitrogens is 2. The fraction of sp³-hybridized carbons (Fsp3) is 0.786. The Morgan fingerprint density at radius 2 is 2.26 bits per heavy atom. The average Bonchev–Trinajstić information content (AvgIpc) is 2.84. The van der Waals surface area contributed by atoms with E-state index in [-0.39, 0.29) is 12.1 Å². The molecule has 110 valence electrons. The fourth-order valence-electron chi connectivity index (χ4n) is 2.27. The highest BCUT2D eigenvalue weighted by Crippen LogP contribution is 2.31. The van der Waals surface area contributed by atoms with Gasteiger partial charge in [0.2, 0.25) is 0 Å². The standard InChI is InChI=1S/C12H20FN3O.C2H6/c1-3-14-5-4-11-12-9(2)7-15-16(12)10(6-13)8-17-11;1-2/h7,10-11,14H,3-6,8H2,1-2H3;1-2H3. The van der Waals surface area contributed by atoms with Gasteiger partial charge in [-0.15, -0.1) is 0 Å². The monoisotopic (exact) mass is 271 g/mol. The summed E-state index contributed by atoms with van der Waals surface area (Å²) in [5.41, 5.74) is 2.13. The number of rotatable bonds is 5. The quantitative estimate of drug-likeness (QED) is 0.837. The Morgan fingerprint density at radius 3 is 2.89 bits per heavy atom. The van der Waals surface area contributed by atoms with Crippen LogP contribution in [-0.4, -0.2) is 36.2 Å². The molecule has 1 aliphatic rings. The van der Waals surface area contributed by atoms with Crippen molar-refractivity contribution < 1.29 is 9.13 Å². The van der Waals surface area contributed by atoms with E-state index in [1.54, 1.807) is 10.9 Å². The van der Waals surface area contributed by atoms with Crippen LogP contribution in [0.4, 0.5) is 4.39 Å². The van der Waals surface area contributed by atoms with Gasteiger partial charge in [-0.3, -0.25) is 4.68 Å². The van der Waals surface area contributed by atoms with Crippen molar-refractivity contribution in [3.05, 3.63) is 17.5 Å². The zero-order valence-corrected chi connectivity index (χ0v) is 12.4. The second-order valence-electron chi connectivity index (χ2n) is 4.43. The number of alkyl halides is 1. The Bertz CT molecular complexity index is 368. The van der Waals surface area contributed by atoms with Crippen molar-refractivity contribution in [2.24, 2.45) is 0 Å². The molecule has 2 atom stereocenters. The molecule has 0 bridgehead atoms. The van der Waals surface area contributed by atoms with Gasteiger partial charge in [-0.1, -0.05) is 20.8 Å². The molecule has 1 N–H and O–H groups in total. The molecule has 1 aromatic rings. The summed E-state index contributed by atoms with van der Waals surface area (Å²) in [5.74, 6) is 0. The summed E-state index contributed by atoms with van der Waals surface area (Å²) in [5, 5.41) is 7.54. The smallest absolute Gasteiger partial charge is 0.114 e. The van der Waals surface area contributed by atoms with Gasteiger partial charge in [0.05, 0.1) is 18.5 Å². The third-order valence-electron chi connectivity index (χ3n) is 3.18. The highest BCUT2D eigenvalue weighted by Gasteiger charge is 2.29. The molecular weight excluding hydrogens is 245 g/mol. The van der Waals surface area contributed by atoms with Gasteiger partial charge in [0.1, 0.15) is 18.8 Å². The lowest BCUT2D eigenvalue weighted by Gasteiger charge is -2.30. The molecule has 1 aliphatic heterocycles. The first-order valence-corrected chi connectivity index (χ1v) is 7.20. The maximum atomic E-state index is 12.8. The summed E-state index contributed by atoms with van der Waals surface area (Å²) in [4.78, 5) is 0. The van der Waals surface area contributed by atoms with Gasteiger partial charge in [0, 0.05) is 0 Å². The maximum Gasteiger partial charge on any atom is 0.114 e. The van der Waals surface area contributed by atoms with Crippen molar-refractivity contribution in [1.29, 1.82) is 0 Å². The predicted octanol–water partition coefficient (Wildman–Crippen LogP) is 2.80. The fourth-order valence-corrected chi connectivity index (χ4v) is 2.27. The minimum Gasteiger partial charge on any atom is -0.370 e. The summed E-state index contributed by atoms with van der Waals surface area (Å²) in [6, 6.07) is -0.255. The summed E-state index contributed by atoms with van der Waals surface area (Å²) < 4.78 is 20.4. The zero-order chi connectivity index (χ0) is 14.3. The molecule has 0 radical (unpaired) electrons. The van der Waals surface area contributed by atoms with E-state index in [1.807, 2.05) is 20.8 Å². The molecule has 0 saturated carbocycles. The van der Waals surface area contributed by atoms with Gasteiger partial charge in [0.25, 0.3) is 0 Å². The predicted molar refractivity (Wildman–Crippen MR) is 75.2 cm³/mol. The average molecular weight is 271 g/mol. The second kappa shape index (κ2) is 8.27. The third-order valence-corrected chi connectivity index (χ3v) is 3.18. The van der Waals surface area contributed by atoms with Crippen molar-refractivity contribution in [3.8, 4) is 0 Å². The normalized spacial score (nSPS) is 21.5. The minimum atomic E-state index is -0.423. The van der Waals surface area contributed by atoms with E-state index in [0.717, 1.165) is 30.8 Å². The molecule has 2 unspecified atom stereocenters. The van der Waals surface area contributed by atoms with Crippen molar-refractivity contribution in [3.63, 3.8) is 0 Å². The number of fused-ring (bicyclic) bond motifs is 1. The molecule has 0 amide bonds. The Balaban J connectivity index is 0.000000861. The van der Waals surface area contributed by atoms with Crippen LogP contribution in [0.3, 0.4) is 0 Å². The lowest BCUT2D eigenvalue weighted by molar-refractivity contribution is -0.0148. The number of hydrogen-bond acceptors (Lipinski definition) is 3. The van der Waals surface area contributed by atoms with Crippen molar-refractivity contribution in [2.75, 3.05) is 26.4 Å². The van der Waals surface area contributed by atoms with Crippen LogP contribution in [0.2, 0.25) is 0 Å². The highest BCUT2D eigenvalue weighted by molar-refractivity contribution is 5.20. The van der Waals surface area contributed by atoms with Crippen LogP contribution in [0.15, 0.2) is 6.20 Å². The first-order chi connectivity index (χ1) is 9.27. The van der Waals surface area contributed by atoms with E-state index in [0.29, 0.717) is 6.61 Å². The van der Waals surface area contributed by atoms with Gasteiger partial charge in [0.15, 0.2) is 0 Å². The number of nitrogens with zero attached hydrogens (tertiary/aromatic N) is 2. The Kier molecular flexibility index (Phi) is 7.02. The molecule has 5 heteroatoms. The Labute approximate surface area is 115 Å². The SMILES string of the molecule is CC.CCNCCC1OCC(CF)n2ncc(C)c21. The van der Waals surface area contributed by atoms with Crippen molar-refractivity contribution in [2.45, 2.75) is 46.3 Å². The minimum absolute atomic E-state index is 0.0411. The first-order valence-electron chi connectivity index (χ1n) is 7.20. The van der Waals surface area contributed by atoms with Crippen LogP contribution < -0.4 is 5.32 Å². The topological polar surface area (TPSA) is 39.1 Å². The van der Waals surface area contributed by atoms with Gasteiger partial charge in [-0.05, 0) is 32.0 Å². The molecular formula is C14H26FN3O. The van der Waals surface area contributed by atoms with E-state index in [4.69, 9.17) is 4.74 Å². The highest BCUT2D eigenvalue weighted by atomic mass is 19.1. The van der Waals surface area contributed by atoms with Crippen LogP contribution in [-0.2, 0) is 4.74 Å². The van der Waals surface area contributed by atoms with E-state index >= 15 is 0 Å². The van der Waals surface area contributed by atoms with E-state index < -0.39 is 6.67 Å². The van der Waals surface area contributed by atoms with Crippen LogP contribution in [0.25, 0.3) is 0 Å². The summed E-state index contributed by atoms with van der Waals surface area (Å²) in [6.07, 6.45) is 2.74. The van der Waals surface area contributed by atoms with Crippen LogP contribution in [0.5, 0.6) is 0 Å². The number of ether oxygens (including phenoxy) is 1. The van der Waals surface area contributed by atoms with Gasteiger partial charge >= 0.3 is 0 Å². The molecule has 0 fully saturated rings. The molecule has 19 heavy (non-hydrogen) atoms. The summed E-state index contributed by atoms with van der Waals surface area (Å²) in [6.45, 7) is 9.94. The molecule has 4 nitrogen and oxygen atoms in total. The Morgan fingerprint density at radius 1 is 1.53 bits per heavy atom. The molecule has 0 aliphatic carbocycles. The lowest BCUT2D eigenvalue weighted by Crippen LogP contribution is -2.31. The molecule has 0 spiro atoms. The zero-order valence-electron chi connectivity index (χ0n) is 12.4. The van der Waals surface area contributed by atoms with Gasteiger partial charge in [-0.25, -0.2) is 4.39 Å². The largest absolute Gasteiger partial charge is 0.370 e. The molecule has 2 rings (SSSR count). The maximum absolute atomic E-state index is 12.8. The van der Waals surface area contributed by atoms with Crippen LogP contribution >= 0.6 is 0 Å². The number of aryl methyl sites for hydroxylation is 1. The number of hydrogen-bond donors (Lipinski definition) is 1. The van der Waals surface area contributed by atoms with Gasteiger partial charge < -0.3 is 10.1 Å². The van der Waals surface area contributed by atoms with E-state index in [2.05, 4.69) is 17.3 Å². The van der Waals surface area contributed by atoms with Crippen molar-refractivity contribution in [1.82, 2.24) is 15.1 Å². The molecule has 2 heterocycles. The molecule has 0 aromatic carbocycles. The molecule has 0 saturated heterocycles. The summed E-state index contributed by atoms with van der Waals surface area (Å²) >= 11 is 0. The summed E-state index contributed by atoms with van der Waals surface area (Å²) in [7, 11) is 0. The third kappa shape index (κ3) is 3.76. The molecule has 1 aromatic heterocycles. The first kappa shape index (κ1) is 16.1. The van der Waals surface area contributed by atoms with Crippen LogP contribution in [0.1, 0.15) is 50.6 Å². The van der Waals surface area contributed by atoms with E-state index in [1.165, 1.54) is 0 Å². The van der Waals surface area contributed by atoms with E-state index in [9.17, 15) is 4.39 Å². The Hall–Kier alpha value is -0.940. The lowest BCUT2D eigenvalue weighted by atomic mass is 10.1.